The lowest BCUT2D eigenvalue weighted by Gasteiger charge is -2.35. The van der Waals surface area contributed by atoms with E-state index in [0.29, 0.717) is 13.0 Å². The van der Waals surface area contributed by atoms with Crippen LogP contribution in [0, 0.1) is 11.3 Å². The molecular weight excluding hydrogens is 216 g/mol. The molecule has 2 atom stereocenters. The van der Waals surface area contributed by atoms with Crippen molar-refractivity contribution in [1.29, 1.82) is 5.26 Å². The summed E-state index contributed by atoms with van der Waals surface area (Å²) in [7, 11) is 0. The number of amides is 1. The molecule has 2 unspecified atom stereocenters. The number of hydrogen-bond acceptors (Lipinski definition) is 3. The summed E-state index contributed by atoms with van der Waals surface area (Å²) in [5, 5.41) is 9.08. The van der Waals surface area contributed by atoms with E-state index in [1.165, 1.54) is 4.90 Å². The van der Waals surface area contributed by atoms with Gasteiger partial charge >= 0.3 is 6.09 Å². The van der Waals surface area contributed by atoms with Gasteiger partial charge < -0.3 is 4.74 Å². The molecule has 1 aliphatic heterocycles. The Morgan fingerprint density at radius 3 is 2.82 bits per heavy atom. The van der Waals surface area contributed by atoms with Gasteiger partial charge in [0.15, 0.2) is 0 Å². The van der Waals surface area contributed by atoms with Gasteiger partial charge in [-0.25, -0.2) is 4.79 Å². The standard InChI is InChI=1S/C13H14N2O2/c1-10(11-5-3-2-4-6-11)15-12(9-14)7-8-17-13(15)16/h2-6,10,12H,7-8H2,1H3. The SMILES string of the molecule is CC(c1ccccc1)N1C(=O)OCCC1C#N. The van der Waals surface area contributed by atoms with Crippen molar-refractivity contribution in [2.45, 2.75) is 25.4 Å². The molecule has 1 fully saturated rings. The Balaban J connectivity index is 2.25. The van der Waals surface area contributed by atoms with Gasteiger partial charge in [-0.15, -0.1) is 0 Å². The third-order valence-electron chi connectivity index (χ3n) is 3.01. The first-order chi connectivity index (χ1) is 8.24. The van der Waals surface area contributed by atoms with Crippen molar-refractivity contribution in [2.75, 3.05) is 6.61 Å². The smallest absolute Gasteiger partial charge is 0.411 e. The molecule has 2 rings (SSSR count). The monoisotopic (exact) mass is 230 g/mol. The molecule has 0 aliphatic carbocycles. The van der Waals surface area contributed by atoms with Crippen LogP contribution in [0.4, 0.5) is 4.79 Å². The van der Waals surface area contributed by atoms with E-state index in [1.54, 1.807) is 0 Å². The first-order valence-corrected chi connectivity index (χ1v) is 5.63. The van der Waals surface area contributed by atoms with Crippen LogP contribution in [0.15, 0.2) is 30.3 Å². The summed E-state index contributed by atoms with van der Waals surface area (Å²) >= 11 is 0. The van der Waals surface area contributed by atoms with Crippen molar-refractivity contribution >= 4 is 6.09 Å². The molecule has 0 N–H and O–H groups in total. The maximum atomic E-state index is 11.7. The number of carbonyl (C=O) groups excluding carboxylic acids is 1. The number of hydrogen-bond donors (Lipinski definition) is 0. The second-order valence-electron chi connectivity index (χ2n) is 4.04. The summed E-state index contributed by atoms with van der Waals surface area (Å²) in [5.74, 6) is 0. The minimum absolute atomic E-state index is 0.145. The Bertz CT molecular complexity index is 438. The molecule has 17 heavy (non-hydrogen) atoms. The molecule has 0 bridgehead atoms. The maximum absolute atomic E-state index is 11.7. The van der Waals surface area contributed by atoms with Crippen molar-refractivity contribution in [1.82, 2.24) is 4.90 Å². The van der Waals surface area contributed by atoms with Crippen LogP contribution in [0.25, 0.3) is 0 Å². The Morgan fingerprint density at radius 1 is 1.47 bits per heavy atom. The van der Waals surface area contributed by atoms with Crippen LogP contribution in [0.5, 0.6) is 0 Å². The molecule has 4 heteroatoms. The quantitative estimate of drug-likeness (QED) is 0.784. The third-order valence-corrected chi connectivity index (χ3v) is 3.01. The van der Waals surface area contributed by atoms with Crippen molar-refractivity contribution < 1.29 is 9.53 Å². The van der Waals surface area contributed by atoms with Crippen LogP contribution in [0.3, 0.4) is 0 Å². The van der Waals surface area contributed by atoms with Crippen LogP contribution in [0.1, 0.15) is 24.9 Å². The summed E-state index contributed by atoms with van der Waals surface area (Å²) in [5.41, 5.74) is 1.01. The molecule has 1 amide bonds. The van der Waals surface area contributed by atoms with E-state index in [-0.39, 0.29) is 6.04 Å². The first-order valence-electron chi connectivity index (χ1n) is 5.63. The van der Waals surface area contributed by atoms with Gasteiger partial charge in [-0.2, -0.15) is 5.26 Å². The van der Waals surface area contributed by atoms with Crippen molar-refractivity contribution in [3.8, 4) is 6.07 Å². The van der Waals surface area contributed by atoms with Crippen molar-refractivity contribution in [3.63, 3.8) is 0 Å². The van der Waals surface area contributed by atoms with Crippen LogP contribution >= 0.6 is 0 Å². The summed E-state index contributed by atoms with van der Waals surface area (Å²) < 4.78 is 5.00. The molecule has 0 aromatic heterocycles. The van der Waals surface area contributed by atoms with E-state index >= 15 is 0 Å². The Hall–Kier alpha value is -2.02. The molecule has 88 valence electrons. The number of nitriles is 1. The van der Waals surface area contributed by atoms with E-state index in [0.717, 1.165) is 5.56 Å². The van der Waals surface area contributed by atoms with Crippen LogP contribution in [-0.2, 0) is 4.74 Å². The van der Waals surface area contributed by atoms with Crippen molar-refractivity contribution in [2.24, 2.45) is 0 Å². The predicted molar refractivity (Wildman–Crippen MR) is 62.1 cm³/mol. The lowest BCUT2D eigenvalue weighted by Crippen LogP contribution is -2.46. The Morgan fingerprint density at radius 2 is 2.18 bits per heavy atom. The van der Waals surface area contributed by atoms with E-state index < -0.39 is 12.1 Å². The van der Waals surface area contributed by atoms with Gasteiger partial charge in [0.25, 0.3) is 0 Å². The number of carbonyl (C=O) groups is 1. The van der Waals surface area contributed by atoms with Gasteiger partial charge in [-0.3, -0.25) is 4.90 Å². The third kappa shape index (κ3) is 2.23. The summed E-state index contributed by atoms with van der Waals surface area (Å²) in [6.07, 6.45) is 0.165. The minimum atomic E-state index is -0.404. The molecule has 1 aliphatic rings. The minimum Gasteiger partial charge on any atom is -0.449 e. The number of ether oxygens (including phenoxy) is 1. The van der Waals surface area contributed by atoms with E-state index in [9.17, 15) is 4.79 Å². The second kappa shape index (κ2) is 4.88. The van der Waals surface area contributed by atoms with Gasteiger partial charge in [0.1, 0.15) is 6.04 Å². The van der Waals surface area contributed by atoms with Gasteiger partial charge in [0.2, 0.25) is 0 Å². The lowest BCUT2D eigenvalue weighted by atomic mass is 10.0. The molecule has 1 aromatic carbocycles. The summed E-state index contributed by atoms with van der Waals surface area (Å²) in [4.78, 5) is 13.2. The molecule has 1 heterocycles. The van der Waals surface area contributed by atoms with E-state index in [4.69, 9.17) is 10.00 Å². The summed E-state index contributed by atoms with van der Waals surface area (Å²) in [6.45, 7) is 2.24. The zero-order valence-electron chi connectivity index (χ0n) is 9.67. The first kappa shape index (κ1) is 11.5. The van der Waals surface area contributed by atoms with Crippen LogP contribution < -0.4 is 0 Å². The van der Waals surface area contributed by atoms with E-state index in [2.05, 4.69) is 6.07 Å². The highest BCUT2D eigenvalue weighted by Gasteiger charge is 2.33. The fourth-order valence-electron chi connectivity index (χ4n) is 2.05. The molecule has 0 spiro atoms. The number of benzene rings is 1. The number of rotatable bonds is 2. The number of nitrogens with zero attached hydrogens (tertiary/aromatic N) is 2. The largest absolute Gasteiger partial charge is 0.449 e. The zero-order chi connectivity index (χ0) is 12.3. The predicted octanol–water partition coefficient (Wildman–Crippen LogP) is 2.48. The highest BCUT2D eigenvalue weighted by Crippen LogP contribution is 2.26. The zero-order valence-corrected chi connectivity index (χ0v) is 9.67. The van der Waals surface area contributed by atoms with Crippen LogP contribution in [-0.4, -0.2) is 23.6 Å². The highest BCUT2D eigenvalue weighted by atomic mass is 16.6. The van der Waals surface area contributed by atoms with Gasteiger partial charge in [0, 0.05) is 6.42 Å². The van der Waals surface area contributed by atoms with Gasteiger partial charge in [-0.1, -0.05) is 30.3 Å². The lowest BCUT2D eigenvalue weighted by molar-refractivity contribution is 0.0414. The van der Waals surface area contributed by atoms with Crippen LogP contribution in [0.2, 0.25) is 0 Å². The topological polar surface area (TPSA) is 53.3 Å². The molecular formula is C13H14N2O2. The van der Waals surface area contributed by atoms with Crippen molar-refractivity contribution in [3.05, 3.63) is 35.9 Å². The maximum Gasteiger partial charge on any atom is 0.411 e. The fraction of sp³-hybridized carbons (Fsp3) is 0.385. The van der Waals surface area contributed by atoms with Gasteiger partial charge in [0.05, 0.1) is 18.7 Å². The average molecular weight is 230 g/mol. The molecule has 4 nitrogen and oxygen atoms in total. The molecule has 1 aromatic rings. The number of cyclic esters (lactones) is 1. The summed E-state index contributed by atoms with van der Waals surface area (Å²) in [6, 6.07) is 11.3. The average Bonchev–Trinajstić information content (AvgIpc) is 2.38. The highest BCUT2D eigenvalue weighted by molar-refractivity contribution is 5.70. The van der Waals surface area contributed by atoms with E-state index in [1.807, 2.05) is 37.3 Å². The van der Waals surface area contributed by atoms with Gasteiger partial charge in [-0.05, 0) is 12.5 Å². The molecule has 1 saturated heterocycles. The Kier molecular flexibility index (Phi) is 3.29. The molecule has 0 saturated carbocycles. The second-order valence-corrected chi connectivity index (χ2v) is 4.04. The molecule has 0 radical (unpaired) electrons. The Labute approximate surface area is 100 Å². The normalized spacial score (nSPS) is 21.5. The fourth-order valence-corrected chi connectivity index (χ4v) is 2.05.